The fourth-order valence-electron chi connectivity index (χ4n) is 2.47. The fourth-order valence-corrected chi connectivity index (χ4v) is 7.27. The standard InChI is InChI=1S/C17H11NOSeTe/c19-11-12-9-10-17(20-12)18-13-5-1-3-7-15(13)21-16-8-4-2-6-14(16)18/h1-11H. The fraction of sp³-hybridized carbons (Fsp3) is 0. The Bertz CT molecular complexity index is 781. The van der Waals surface area contributed by atoms with Crippen molar-refractivity contribution < 1.29 is 4.79 Å². The second-order valence-corrected chi connectivity index (χ2v) is 10.1. The third-order valence-corrected chi connectivity index (χ3v) is 8.70. The van der Waals surface area contributed by atoms with E-state index in [9.17, 15) is 4.79 Å². The minimum absolute atomic E-state index is 0.0971. The van der Waals surface area contributed by atoms with E-state index >= 15 is 0 Å². The first-order valence-electron chi connectivity index (χ1n) is 6.58. The van der Waals surface area contributed by atoms with Gasteiger partial charge in [-0.05, 0) is 0 Å². The molecule has 0 unspecified atom stereocenters. The van der Waals surface area contributed by atoms with Crippen molar-refractivity contribution in [2.24, 2.45) is 0 Å². The zero-order chi connectivity index (χ0) is 14.2. The molecule has 0 atom stereocenters. The van der Waals surface area contributed by atoms with Gasteiger partial charge in [-0.2, -0.15) is 0 Å². The van der Waals surface area contributed by atoms with Crippen molar-refractivity contribution in [3.05, 3.63) is 65.1 Å². The molecule has 0 N–H and O–H groups in total. The molecular formula is C17H11NOSeTe. The summed E-state index contributed by atoms with van der Waals surface area (Å²) in [5.74, 6) is 0. The Morgan fingerprint density at radius 1 is 0.857 bits per heavy atom. The van der Waals surface area contributed by atoms with Gasteiger partial charge >= 0.3 is 140 Å². The van der Waals surface area contributed by atoms with Crippen molar-refractivity contribution in [1.29, 1.82) is 0 Å². The van der Waals surface area contributed by atoms with Crippen molar-refractivity contribution in [2.45, 2.75) is 0 Å². The number of hydrogen-bond donors (Lipinski definition) is 0. The number of rotatable bonds is 2. The van der Waals surface area contributed by atoms with E-state index in [4.69, 9.17) is 0 Å². The predicted octanol–water partition coefficient (Wildman–Crippen LogP) is 1.99. The Hall–Kier alpha value is -1.30. The SMILES string of the molecule is O=Cc1ccc(N2c3ccccc3[Te]c3ccccc32)[se]1. The Labute approximate surface area is 139 Å². The zero-order valence-electron chi connectivity index (χ0n) is 11.0. The third kappa shape index (κ3) is 2.29. The normalized spacial score (nSPS) is 12.7. The van der Waals surface area contributed by atoms with Crippen LogP contribution in [-0.2, 0) is 0 Å². The topological polar surface area (TPSA) is 20.3 Å². The number of carbonyl (C=O) groups excluding carboxylic acids is 1. The van der Waals surface area contributed by atoms with Crippen LogP contribution < -0.4 is 12.1 Å². The van der Waals surface area contributed by atoms with Gasteiger partial charge in [0.15, 0.2) is 0 Å². The van der Waals surface area contributed by atoms with E-state index < -0.39 is 0 Å². The second kappa shape index (κ2) is 5.48. The summed E-state index contributed by atoms with van der Waals surface area (Å²) >= 11 is -0.234. The van der Waals surface area contributed by atoms with E-state index in [2.05, 4.69) is 59.5 Å². The molecule has 3 aromatic rings. The van der Waals surface area contributed by atoms with Crippen LogP contribution in [0.5, 0.6) is 0 Å². The first kappa shape index (κ1) is 13.4. The number of carbonyl (C=O) groups is 1. The van der Waals surface area contributed by atoms with Crippen molar-refractivity contribution in [3.8, 4) is 0 Å². The van der Waals surface area contributed by atoms with Gasteiger partial charge in [-0.25, -0.2) is 0 Å². The van der Waals surface area contributed by atoms with Crippen LogP contribution >= 0.6 is 0 Å². The van der Waals surface area contributed by atoms with E-state index in [1.165, 1.54) is 23.2 Å². The molecule has 21 heavy (non-hydrogen) atoms. The number of aldehydes is 1. The second-order valence-electron chi connectivity index (χ2n) is 4.67. The van der Waals surface area contributed by atoms with Gasteiger partial charge in [0, 0.05) is 0 Å². The number of anilines is 3. The van der Waals surface area contributed by atoms with Crippen LogP contribution in [0.15, 0.2) is 60.7 Å². The molecule has 0 fully saturated rings. The molecule has 1 aliphatic rings. The maximum atomic E-state index is 11.0. The molecule has 0 amide bonds. The quantitative estimate of drug-likeness (QED) is 0.343. The summed E-state index contributed by atoms with van der Waals surface area (Å²) in [6.07, 6.45) is 0.986. The molecule has 4 rings (SSSR count). The molecule has 0 aliphatic carbocycles. The molecule has 102 valence electrons. The van der Waals surface area contributed by atoms with Gasteiger partial charge in [-0.15, -0.1) is 0 Å². The number of benzene rings is 2. The van der Waals surface area contributed by atoms with Crippen LogP contribution in [0.2, 0.25) is 0 Å². The minimum atomic E-state index is -0.331. The number of fused-ring (bicyclic) bond motifs is 2. The number of hydrogen-bond acceptors (Lipinski definition) is 2. The predicted molar refractivity (Wildman–Crippen MR) is 88.5 cm³/mol. The van der Waals surface area contributed by atoms with E-state index in [0.717, 1.165) is 10.7 Å². The summed E-state index contributed by atoms with van der Waals surface area (Å²) in [6.45, 7) is 0. The summed E-state index contributed by atoms with van der Waals surface area (Å²) in [5, 5.41) is 0. The molecule has 0 bridgehead atoms. The number of nitrogens with zero attached hydrogens (tertiary/aromatic N) is 1. The molecule has 2 heterocycles. The van der Waals surface area contributed by atoms with Gasteiger partial charge in [0.2, 0.25) is 0 Å². The van der Waals surface area contributed by atoms with E-state index in [1.54, 1.807) is 0 Å². The molecule has 2 nitrogen and oxygen atoms in total. The van der Waals surface area contributed by atoms with Crippen molar-refractivity contribution in [3.63, 3.8) is 0 Å². The summed E-state index contributed by atoms with van der Waals surface area (Å²) in [6, 6.07) is 21.4. The summed E-state index contributed by atoms with van der Waals surface area (Å²) < 4.78 is 5.10. The van der Waals surface area contributed by atoms with Crippen LogP contribution in [0.25, 0.3) is 0 Å². The van der Waals surface area contributed by atoms with E-state index in [-0.39, 0.29) is 35.4 Å². The first-order valence-corrected chi connectivity index (χ1v) is 10.6. The Balaban J connectivity index is 1.94. The third-order valence-electron chi connectivity index (χ3n) is 3.38. The molecule has 1 aliphatic heterocycles. The van der Waals surface area contributed by atoms with Crippen molar-refractivity contribution in [1.82, 2.24) is 0 Å². The van der Waals surface area contributed by atoms with Gasteiger partial charge in [0.25, 0.3) is 0 Å². The van der Waals surface area contributed by atoms with Gasteiger partial charge in [-0.1, -0.05) is 0 Å². The molecule has 0 saturated heterocycles. The summed E-state index contributed by atoms with van der Waals surface area (Å²) in [5.41, 5.74) is 2.60. The van der Waals surface area contributed by atoms with Crippen LogP contribution in [0.3, 0.4) is 0 Å². The van der Waals surface area contributed by atoms with Crippen LogP contribution in [0, 0.1) is 0 Å². The van der Waals surface area contributed by atoms with E-state index in [0.29, 0.717) is 0 Å². The molecule has 0 radical (unpaired) electrons. The average Bonchev–Trinajstić information content (AvgIpc) is 3.01. The van der Waals surface area contributed by atoms with Gasteiger partial charge in [0.05, 0.1) is 0 Å². The monoisotopic (exact) mass is 455 g/mol. The Morgan fingerprint density at radius 2 is 1.48 bits per heavy atom. The molecule has 0 saturated carbocycles. The van der Waals surface area contributed by atoms with Gasteiger partial charge in [-0.3, -0.25) is 0 Å². The zero-order valence-corrected chi connectivity index (χ0v) is 15.1. The van der Waals surface area contributed by atoms with Crippen molar-refractivity contribution in [2.75, 3.05) is 4.90 Å². The molecule has 1 aromatic heterocycles. The molecule has 4 heteroatoms. The molecule has 2 aromatic carbocycles. The summed E-state index contributed by atoms with van der Waals surface area (Å²) in [4.78, 5) is 13.4. The Morgan fingerprint density at radius 3 is 2.05 bits per heavy atom. The van der Waals surface area contributed by atoms with E-state index in [1.807, 2.05) is 6.07 Å². The molecular weight excluding hydrogens is 441 g/mol. The number of para-hydroxylation sites is 2. The first-order chi connectivity index (χ1) is 10.4. The Kier molecular flexibility index (Phi) is 3.49. The van der Waals surface area contributed by atoms with Crippen LogP contribution in [0.4, 0.5) is 15.9 Å². The molecule has 0 spiro atoms. The van der Waals surface area contributed by atoms with Crippen LogP contribution in [0.1, 0.15) is 9.23 Å². The average molecular weight is 452 g/mol. The summed E-state index contributed by atoms with van der Waals surface area (Å²) in [7, 11) is 0. The van der Waals surface area contributed by atoms with Crippen molar-refractivity contribution >= 4 is 64.9 Å². The van der Waals surface area contributed by atoms with Gasteiger partial charge < -0.3 is 0 Å². The van der Waals surface area contributed by atoms with Gasteiger partial charge in [0.1, 0.15) is 0 Å². The van der Waals surface area contributed by atoms with Crippen LogP contribution in [-0.4, -0.2) is 41.7 Å². The maximum absolute atomic E-state index is 11.0.